The number of hydrogen-bond acceptors (Lipinski definition) is 3. The minimum absolute atomic E-state index is 0.123. The normalized spacial score (nSPS) is 10.9. The first-order chi connectivity index (χ1) is 13.2. The van der Waals surface area contributed by atoms with Gasteiger partial charge in [0.05, 0.1) is 6.61 Å². The topological polar surface area (TPSA) is 64.1 Å². The lowest BCUT2D eigenvalue weighted by molar-refractivity contribution is 0.0740. The number of nitrogens with zero attached hydrogens (tertiary/aromatic N) is 1. The molecular formula is C22H24N2O3. The zero-order chi connectivity index (χ0) is 19.1. The van der Waals surface area contributed by atoms with Crippen molar-refractivity contribution >= 4 is 0 Å². The van der Waals surface area contributed by atoms with E-state index in [1.54, 1.807) is 0 Å². The van der Waals surface area contributed by atoms with Crippen LogP contribution in [0.15, 0.2) is 70.3 Å². The third-order valence-corrected chi connectivity index (χ3v) is 4.58. The summed E-state index contributed by atoms with van der Waals surface area (Å²) in [6.07, 6.45) is 1.85. The van der Waals surface area contributed by atoms with E-state index in [1.807, 2.05) is 67.6 Å². The molecule has 5 heteroatoms. The summed E-state index contributed by atoms with van der Waals surface area (Å²) >= 11 is 0. The Labute approximate surface area is 158 Å². The molecule has 0 aliphatic rings. The van der Waals surface area contributed by atoms with E-state index in [2.05, 4.69) is 4.98 Å². The summed E-state index contributed by atoms with van der Waals surface area (Å²) < 4.78 is 7.30. The smallest absolute Gasteiger partial charge is 0.330 e. The molecule has 2 aromatic carbocycles. The van der Waals surface area contributed by atoms with Gasteiger partial charge in [-0.15, -0.1) is 0 Å². The number of rotatable bonds is 8. The van der Waals surface area contributed by atoms with Gasteiger partial charge in [0.2, 0.25) is 0 Å². The van der Waals surface area contributed by atoms with Crippen molar-refractivity contribution in [1.29, 1.82) is 0 Å². The van der Waals surface area contributed by atoms with Crippen LogP contribution in [0, 0.1) is 0 Å². The first kappa shape index (κ1) is 18.9. The van der Waals surface area contributed by atoms with Gasteiger partial charge in [0.15, 0.2) is 0 Å². The van der Waals surface area contributed by atoms with Crippen LogP contribution in [-0.2, 0) is 30.7 Å². The highest BCUT2D eigenvalue weighted by Crippen LogP contribution is 2.11. The average Bonchev–Trinajstić information content (AvgIpc) is 2.69. The van der Waals surface area contributed by atoms with Crippen molar-refractivity contribution in [2.75, 3.05) is 6.61 Å². The van der Waals surface area contributed by atoms with Crippen LogP contribution in [0.25, 0.3) is 0 Å². The summed E-state index contributed by atoms with van der Waals surface area (Å²) in [6, 6.07) is 19.9. The number of H-pyrrole nitrogens is 1. The van der Waals surface area contributed by atoms with Crippen molar-refractivity contribution in [2.45, 2.75) is 32.9 Å². The summed E-state index contributed by atoms with van der Waals surface area (Å²) in [7, 11) is 0. The Morgan fingerprint density at radius 2 is 1.56 bits per heavy atom. The second-order valence-corrected chi connectivity index (χ2v) is 6.40. The Balaban J connectivity index is 1.80. The van der Waals surface area contributed by atoms with Crippen molar-refractivity contribution in [3.63, 3.8) is 0 Å². The van der Waals surface area contributed by atoms with Crippen LogP contribution in [0.3, 0.4) is 0 Å². The second-order valence-electron chi connectivity index (χ2n) is 6.40. The molecule has 0 amide bonds. The lowest BCUT2D eigenvalue weighted by Gasteiger charge is -2.16. The van der Waals surface area contributed by atoms with Crippen molar-refractivity contribution in [3.8, 4) is 0 Å². The largest absolute Gasteiger partial charge is 0.360 e. The summed E-state index contributed by atoms with van der Waals surface area (Å²) in [5.74, 6) is 0. The number of aromatic nitrogens is 2. The molecule has 1 aromatic heterocycles. The molecule has 1 heterocycles. The zero-order valence-electron chi connectivity index (χ0n) is 15.5. The predicted molar refractivity (Wildman–Crippen MR) is 106 cm³/mol. The summed E-state index contributed by atoms with van der Waals surface area (Å²) in [5, 5.41) is 0. The monoisotopic (exact) mass is 364 g/mol. The molecule has 0 atom stereocenters. The Kier molecular flexibility index (Phi) is 6.39. The zero-order valence-corrected chi connectivity index (χ0v) is 15.5. The van der Waals surface area contributed by atoms with Gasteiger partial charge in [-0.3, -0.25) is 14.3 Å². The van der Waals surface area contributed by atoms with E-state index in [9.17, 15) is 9.59 Å². The molecule has 3 rings (SSSR count). The maximum absolute atomic E-state index is 12.4. The highest BCUT2D eigenvalue weighted by molar-refractivity contribution is 5.27. The van der Waals surface area contributed by atoms with Gasteiger partial charge in [0, 0.05) is 17.7 Å². The van der Waals surface area contributed by atoms with Crippen LogP contribution in [0.4, 0.5) is 0 Å². The van der Waals surface area contributed by atoms with Gasteiger partial charge in [-0.05, 0) is 24.0 Å². The van der Waals surface area contributed by atoms with E-state index in [4.69, 9.17) is 4.74 Å². The number of aromatic amines is 1. The molecule has 0 fully saturated rings. The standard InChI is InChI=1S/C22H24N2O3/c1-2-19-20(15-18-11-7-4-8-12-18)24(22(26)23-21(19)25)16-27-14-13-17-9-5-3-6-10-17/h3-12H,2,13-16H2,1H3,(H,23,25,26). The first-order valence-corrected chi connectivity index (χ1v) is 9.19. The highest BCUT2D eigenvalue weighted by atomic mass is 16.5. The van der Waals surface area contributed by atoms with Crippen LogP contribution < -0.4 is 11.2 Å². The minimum Gasteiger partial charge on any atom is -0.360 e. The molecule has 0 aliphatic carbocycles. The molecule has 0 unspecified atom stereocenters. The Hall–Kier alpha value is -2.92. The van der Waals surface area contributed by atoms with Gasteiger partial charge in [-0.25, -0.2) is 4.79 Å². The molecular weight excluding hydrogens is 340 g/mol. The number of hydrogen-bond donors (Lipinski definition) is 1. The maximum atomic E-state index is 12.4. The van der Waals surface area contributed by atoms with Crippen LogP contribution >= 0.6 is 0 Å². The molecule has 27 heavy (non-hydrogen) atoms. The van der Waals surface area contributed by atoms with E-state index < -0.39 is 5.69 Å². The number of nitrogens with one attached hydrogen (secondary N) is 1. The quantitative estimate of drug-likeness (QED) is 0.625. The molecule has 0 spiro atoms. The lowest BCUT2D eigenvalue weighted by atomic mass is 10.0. The van der Waals surface area contributed by atoms with E-state index in [0.29, 0.717) is 25.0 Å². The fourth-order valence-electron chi connectivity index (χ4n) is 3.14. The third kappa shape index (κ3) is 4.83. The van der Waals surface area contributed by atoms with E-state index in [-0.39, 0.29) is 12.3 Å². The SMILES string of the molecule is CCc1c(Cc2ccccc2)n(COCCc2ccccc2)c(=O)[nH]c1=O. The maximum Gasteiger partial charge on any atom is 0.330 e. The Morgan fingerprint density at radius 3 is 2.19 bits per heavy atom. The average molecular weight is 364 g/mol. The summed E-state index contributed by atoms with van der Waals surface area (Å²) in [6.45, 7) is 2.55. The Morgan fingerprint density at radius 1 is 0.926 bits per heavy atom. The van der Waals surface area contributed by atoms with Crippen molar-refractivity contribution in [1.82, 2.24) is 9.55 Å². The van der Waals surface area contributed by atoms with Gasteiger partial charge < -0.3 is 4.74 Å². The highest BCUT2D eigenvalue weighted by Gasteiger charge is 2.14. The van der Waals surface area contributed by atoms with E-state index in [1.165, 1.54) is 10.1 Å². The molecule has 0 saturated heterocycles. The number of ether oxygens (including phenoxy) is 1. The summed E-state index contributed by atoms with van der Waals surface area (Å²) in [5.41, 5.74) is 2.85. The molecule has 140 valence electrons. The molecule has 0 saturated carbocycles. The van der Waals surface area contributed by atoms with Gasteiger partial charge in [0.25, 0.3) is 5.56 Å². The fraction of sp³-hybridized carbons (Fsp3) is 0.273. The van der Waals surface area contributed by atoms with Crippen LogP contribution in [-0.4, -0.2) is 16.2 Å². The molecule has 0 radical (unpaired) electrons. The molecule has 0 bridgehead atoms. The minimum atomic E-state index is -0.428. The number of benzene rings is 2. The van der Waals surface area contributed by atoms with Crippen molar-refractivity contribution in [3.05, 3.63) is 104 Å². The third-order valence-electron chi connectivity index (χ3n) is 4.58. The Bertz CT molecular complexity index is 976. The van der Waals surface area contributed by atoms with Crippen molar-refractivity contribution in [2.24, 2.45) is 0 Å². The van der Waals surface area contributed by atoms with Gasteiger partial charge in [0.1, 0.15) is 6.73 Å². The molecule has 3 aromatic rings. The van der Waals surface area contributed by atoms with Crippen molar-refractivity contribution < 1.29 is 4.74 Å². The second kappa shape index (κ2) is 9.14. The molecule has 0 aliphatic heterocycles. The van der Waals surface area contributed by atoms with Gasteiger partial charge in [-0.2, -0.15) is 0 Å². The molecule has 5 nitrogen and oxygen atoms in total. The van der Waals surface area contributed by atoms with Crippen LogP contribution in [0.1, 0.15) is 29.3 Å². The van der Waals surface area contributed by atoms with Crippen LogP contribution in [0.2, 0.25) is 0 Å². The lowest BCUT2D eigenvalue weighted by Crippen LogP contribution is -2.36. The first-order valence-electron chi connectivity index (χ1n) is 9.19. The fourth-order valence-corrected chi connectivity index (χ4v) is 3.14. The van der Waals surface area contributed by atoms with Crippen LogP contribution in [0.5, 0.6) is 0 Å². The van der Waals surface area contributed by atoms with Gasteiger partial charge in [-0.1, -0.05) is 67.6 Å². The van der Waals surface area contributed by atoms with E-state index >= 15 is 0 Å². The van der Waals surface area contributed by atoms with Gasteiger partial charge >= 0.3 is 5.69 Å². The van der Waals surface area contributed by atoms with E-state index in [0.717, 1.165) is 17.7 Å². The predicted octanol–water partition coefficient (Wildman–Crippen LogP) is 2.91. The summed E-state index contributed by atoms with van der Waals surface area (Å²) in [4.78, 5) is 27.1. The molecule has 1 N–H and O–H groups in total.